The van der Waals surface area contributed by atoms with Crippen molar-refractivity contribution in [2.75, 3.05) is 13.2 Å². The highest BCUT2D eigenvalue weighted by Crippen LogP contribution is 2.36. The van der Waals surface area contributed by atoms with Gasteiger partial charge < -0.3 is 9.72 Å². The number of nitrogens with one attached hydrogen (secondary N) is 2. The summed E-state index contributed by atoms with van der Waals surface area (Å²) in [4.78, 5) is 39.6. The van der Waals surface area contributed by atoms with Crippen molar-refractivity contribution in [1.82, 2.24) is 14.3 Å². The summed E-state index contributed by atoms with van der Waals surface area (Å²) in [6.07, 6.45) is 0.263. The lowest BCUT2D eigenvalue weighted by molar-refractivity contribution is -0.144. The molecular weight excluding hydrogens is 386 g/mol. The number of carbonyl (C=O) groups excluding carboxylic acids is 1. The lowest BCUT2D eigenvalue weighted by Gasteiger charge is -2.35. The van der Waals surface area contributed by atoms with E-state index in [1.807, 2.05) is 17.1 Å². The van der Waals surface area contributed by atoms with Crippen LogP contribution in [-0.2, 0) is 26.0 Å². The minimum absolute atomic E-state index is 0.0532. The SMILES string of the molecule is CCOC(=O)C[C@H]1c2ccccc2CCN1S(=O)(=O)c1c(C)[nH]c(=O)[nH]c1=O. The molecule has 0 amide bonds. The van der Waals surface area contributed by atoms with Crippen LogP contribution < -0.4 is 11.2 Å². The van der Waals surface area contributed by atoms with Crippen molar-refractivity contribution in [3.05, 3.63) is 61.9 Å². The fraction of sp³-hybridized carbons (Fsp3) is 0.389. The number of aryl methyl sites for hydroxylation is 1. The Kier molecular flexibility index (Phi) is 5.52. The molecule has 0 bridgehead atoms. The maximum atomic E-state index is 13.3. The Morgan fingerprint density at radius 1 is 1.25 bits per heavy atom. The highest BCUT2D eigenvalue weighted by molar-refractivity contribution is 7.89. The van der Waals surface area contributed by atoms with E-state index in [9.17, 15) is 22.8 Å². The summed E-state index contributed by atoms with van der Waals surface area (Å²) in [5, 5.41) is 0. The number of sulfonamides is 1. The van der Waals surface area contributed by atoms with E-state index >= 15 is 0 Å². The van der Waals surface area contributed by atoms with Crippen LogP contribution in [0.2, 0.25) is 0 Å². The van der Waals surface area contributed by atoms with Gasteiger partial charge in [-0.05, 0) is 31.4 Å². The van der Waals surface area contributed by atoms with Crippen LogP contribution in [0.5, 0.6) is 0 Å². The Labute approximate surface area is 161 Å². The predicted octanol–water partition coefficient (Wildman–Crippen LogP) is 0.613. The van der Waals surface area contributed by atoms with Gasteiger partial charge in [0.05, 0.1) is 19.1 Å². The molecule has 0 spiro atoms. The maximum Gasteiger partial charge on any atom is 0.325 e. The van der Waals surface area contributed by atoms with E-state index in [1.54, 1.807) is 19.1 Å². The fourth-order valence-corrected chi connectivity index (χ4v) is 5.33. The number of nitrogens with zero attached hydrogens (tertiary/aromatic N) is 1. The number of aromatic amines is 2. The first kappa shape index (κ1) is 20.0. The number of rotatable bonds is 5. The van der Waals surface area contributed by atoms with Crippen LogP contribution in [0, 0.1) is 6.92 Å². The molecule has 0 fully saturated rings. The molecule has 2 heterocycles. The number of hydrogen-bond acceptors (Lipinski definition) is 6. The monoisotopic (exact) mass is 407 g/mol. The molecule has 0 aliphatic carbocycles. The molecule has 0 saturated carbocycles. The molecule has 9 nitrogen and oxygen atoms in total. The minimum atomic E-state index is -4.28. The van der Waals surface area contributed by atoms with Gasteiger partial charge >= 0.3 is 11.7 Å². The van der Waals surface area contributed by atoms with Crippen LogP contribution in [0.15, 0.2) is 38.8 Å². The molecule has 1 aliphatic rings. The van der Waals surface area contributed by atoms with E-state index < -0.39 is 38.2 Å². The largest absolute Gasteiger partial charge is 0.466 e. The Balaban J connectivity index is 2.12. The van der Waals surface area contributed by atoms with Crippen LogP contribution in [-0.4, -0.2) is 41.8 Å². The van der Waals surface area contributed by atoms with Gasteiger partial charge in [-0.2, -0.15) is 4.31 Å². The van der Waals surface area contributed by atoms with Crippen molar-refractivity contribution in [3.63, 3.8) is 0 Å². The summed E-state index contributed by atoms with van der Waals surface area (Å²) in [7, 11) is -4.28. The van der Waals surface area contributed by atoms with Gasteiger partial charge in [0.1, 0.15) is 0 Å². The van der Waals surface area contributed by atoms with E-state index in [1.165, 1.54) is 6.92 Å². The Hall–Kier alpha value is -2.72. The molecule has 2 N–H and O–H groups in total. The average Bonchev–Trinajstić information content (AvgIpc) is 2.60. The van der Waals surface area contributed by atoms with E-state index in [4.69, 9.17) is 4.74 Å². The molecule has 28 heavy (non-hydrogen) atoms. The van der Waals surface area contributed by atoms with Gasteiger partial charge in [-0.15, -0.1) is 0 Å². The number of esters is 1. The number of hydrogen-bond donors (Lipinski definition) is 2. The molecule has 3 rings (SSSR count). The second-order valence-corrected chi connectivity index (χ2v) is 8.28. The van der Waals surface area contributed by atoms with Crippen molar-refractivity contribution >= 4 is 16.0 Å². The molecule has 0 unspecified atom stereocenters. The van der Waals surface area contributed by atoms with E-state index in [0.717, 1.165) is 9.87 Å². The van der Waals surface area contributed by atoms with Crippen molar-refractivity contribution in [1.29, 1.82) is 0 Å². The molecule has 2 aromatic rings. The second-order valence-electron chi connectivity index (χ2n) is 6.45. The van der Waals surface area contributed by atoms with Gasteiger partial charge in [0.25, 0.3) is 15.6 Å². The summed E-state index contributed by atoms with van der Waals surface area (Å²) in [6, 6.07) is 6.46. The lowest BCUT2D eigenvalue weighted by atomic mass is 9.92. The smallest absolute Gasteiger partial charge is 0.325 e. The first-order valence-electron chi connectivity index (χ1n) is 8.84. The zero-order chi connectivity index (χ0) is 20.5. The van der Waals surface area contributed by atoms with Gasteiger partial charge in [0, 0.05) is 12.2 Å². The standard InChI is InChI=1S/C18H21N3O6S/c1-3-27-15(22)10-14-13-7-5-4-6-12(13)8-9-21(14)28(25,26)16-11(2)19-18(24)20-17(16)23/h4-7,14H,3,8-10H2,1-2H3,(H2,19,20,23,24)/t14-/m0/s1. The topological polar surface area (TPSA) is 129 Å². The Morgan fingerprint density at radius 2 is 1.96 bits per heavy atom. The first-order valence-corrected chi connectivity index (χ1v) is 10.3. The quantitative estimate of drug-likeness (QED) is 0.699. The normalized spacial score (nSPS) is 17.1. The minimum Gasteiger partial charge on any atom is -0.466 e. The summed E-state index contributed by atoms with van der Waals surface area (Å²) >= 11 is 0. The second kappa shape index (κ2) is 7.72. The molecule has 0 radical (unpaired) electrons. The molecule has 1 atom stereocenters. The number of fused-ring (bicyclic) bond motifs is 1. The van der Waals surface area contributed by atoms with Gasteiger partial charge in [-0.1, -0.05) is 24.3 Å². The zero-order valence-electron chi connectivity index (χ0n) is 15.5. The summed E-state index contributed by atoms with van der Waals surface area (Å²) in [5.41, 5.74) is -0.190. The van der Waals surface area contributed by atoms with E-state index in [2.05, 4.69) is 4.98 Å². The van der Waals surface area contributed by atoms with Crippen LogP contribution >= 0.6 is 0 Å². The summed E-state index contributed by atoms with van der Waals surface area (Å²) < 4.78 is 32.8. The van der Waals surface area contributed by atoms with Crippen molar-refractivity contribution < 1.29 is 17.9 Å². The molecule has 0 saturated heterocycles. The third-order valence-electron chi connectivity index (χ3n) is 4.67. The van der Waals surface area contributed by atoms with Gasteiger partial charge in [0.2, 0.25) is 0 Å². The number of benzene rings is 1. The van der Waals surface area contributed by atoms with E-state index in [-0.39, 0.29) is 25.3 Å². The van der Waals surface area contributed by atoms with E-state index in [0.29, 0.717) is 12.0 Å². The molecular formula is C18H21N3O6S. The molecule has 1 aliphatic heterocycles. The van der Waals surface area contributed by atoms with Crippen LogP contribution in [0.25, 0.3) is 0 Å². The van der Waals surface area contributed by atoms with Crippen molar-refractivity contribution in [3.8, 4) is 0 Å². The van der Waals surface area contributed by atoms with Crippen LogP contribution in [0.4, 0.5) is 0 Å². The molecule has 1 aromatic heterocycles. The fourth-order valence-electron chi connectivity index (χ4n) is 3.52. The van der Waals surface area contributed by atoms with Crippen molar-refractivity contribution in [2.45, 2.75) is 37.6 Å². The maximum absolute atomic E-state index is 13.3. The lowest BCUT2D eigenvalue weighted by Crippen LogP contribution is -2.44. The van der Waals surface area contributed by atoms with Crippen molar-refractivity contribution in [2.24, 2.45) is 0 Å². The summed E-state index contributed by atoms with van der Waals surface area (Å²) in [5.74, 6) is -0.531. The van der Waals surface area contributed by atoms with Gasteiger partial charge in [-0.25, -0.2) is 13.2 Å². The molecule has 150 valence electrons. The Morgan fingerprint density at radius 3 is 2.64 bits per heavy atom. The predicted molar refractivity (Wildman–Crippen MR) is 100 cm³/mol. The van der Waals surface area contributed by atoms with Crippen LogP contribution in [0.3, 0.4) is 0 Å². The third kappa shape index (κ3) is 3.65. The molecule has 10 heteroatoms. The first-order chi connectivity index (χ1) is 13.3. The number of H-pyrrole nitrogens is 2. The third-order valence-corrected chi connectivity index (χ3v) is 6.73. The number of aromatic nitrogens is 2. The zero-order valence-corrected chi connectivity index (χ0v) is 16.3. The summed E-state index contributed by atoms with van der Waals surface area (Å²) in [6.45, 7) is 3.30. The van der Waals surface area contributed by atoms with Crippen LogP contribution in [0.1, 0.15) is 36.2 Å². The Bertz CT molecular complexity index is 1120. The number of ether oxygens (including phenoxy) is 1. The van der Waals surface area contributed by atoms with Gasteiger partial charge in [-0.3, -0.25) is 14.6 Å². The van der Waals surface area contributed by atoms with Gasteiger partial charge in [0.15, 0.2) is 4.90 Å². The number of carbonyl (C=O) groups is 1. The average molecular weight is 407 g/mol. The highest BCUT2D eigenvalue weighted by atomic mass is 32.2. The highest BCUT2D eigenvalue weighted by Gasteiger charge is 2.39. The molecule has 1 aromatic carbocycles.